The Kier molecular flexibility index (Phi) is 3.16. The molecule has 1 aromatic carbocycles. The SMILES string of the molecule is CCN1C(=O)[C@@H]2C(C(=O)c3ccc4ccccc4n3)=NN[C@@H]2C1=O. The van der Waals surface area contributed by atoms with Crippen LogP contribution in [0.5, 0.6) is 0 Å². The molecule has 24 heavy (non-hydrogen) atoms. The number of para-hydroxylation sites is 1. The van der Waals surface area contributed by atoms with Crippen LogP contribution in [0.1, 0.15) is 17.4 Å². The monoisotopic (exact) mass is 322 g/mol. The van der Waals surface area contributed by atoms with E-state index in [-0.39, 0.29) is 29.8 Å². The van der Waals surface area contributed by atoms with Crippen LogP contribution < -0.4 is 5.43 Å². The van der Waals surface area contributed by atoms with Crippen LogP contribution in [-0.2, 0) is 9.59 Å². The van der Waals surface area contributed by atoms with Crippen molar-refractivity contribution < 1.29 is 14.4 Å². The summed E-state index contributed by atoms with van der Waals surface area (Å²) in [6.45, 7) is 2.00. The van der Waals surface area contributed by atoms with Crippen molar-refractivity contribution in [2.24, 2.45) is 11.0 Å². The van der Waals surface area contributed by atoms with Gasteiger partial charge in [0.2, 0.25) is 11.7 Å². The molecule has 1 saturated heterocycles. The number of ketones is 1. The molecule has 7 nitrogen and oxygen atoms in total. The quantitative estimate of drug-likeness (QED) is 0.665. The lowest BCUT2D eigenvalue weighted by molar-refractivity contribution is -0.139. The molecule has 1 N–H and O–H groups in total. The van der Waals surface area contributed by atoms with Crippen molar-refractivity contribution in [3.8, 4) is 0 Å². The zero-order valence-corrected chi connectivity index (χ0v) is 12.9. The average Bonchev–Trinajstić information content (AvgIpc) is 3.14. The largest absolute Gasteiger partial charge is 0.296 e. The molecule has 120 valence electrons. The summed E-state index contributed by atoms with van der Waals surface area (Å²) >= 11 is 0. The minimum atomic E-state index is -0.863. The van der Waals surface area contributed by atoms with E-state index in [1.807, 2.05) is 24.3 Å². The third-order valence-corrected chi connectivity index (χ3v) is 4.40. The van der Waals surface area contributed by atoms with Gasteiger partial charge in [-0.05, 0) is 19.1 Å². The van der Waals surface area contributed by atoms with Gasteiger partial charge in [-0.25, -0.2) is 4.98 Å². The molecule has 1 aromatic heterocycles. The topological polar surface area (TPSA) is 91.7 Å². The Balaban J connectivity index is 1.69. The van der Waals surface area contributed by atoms with Crippen LogP contribution in [0.15, 0.2) is 41.5 Å². The van der Waals surface area contributed by atoms with Gasteiger partial charge in [0.15, 0.2) is 0 Å². The van der Waals surface area contributed by atoms with Crippen LogP contribution in [-0.4, -0.2) is 45.8 Å². The van der Waals surface area contributed by atoms with E-state index >= 15 is 0 Å². The first-order valence-corrected chi connectivity index (χ1v) is 7.70. The summed E-state index contributed by atoms with van der Waals surface area (Å²) < 4.78 is 0. The van der Waals surface area contributed by atoms with E-state index in [1.54, 1.807) is 19.1 Å². The lowest BCUT2D eigenvalue weighted by atomic mass is 9.94. The summed E-state index contributed by atoms with van der Waals surface area (Å²) in [6.07, 6.45) is 0. The maximum Gasteiger partial charge on any atom is 0.254 e. The number of hydrogen-bond donors (Lipinski definition) is 1. The summed E-state index contributed by atoms with van der Waals surface area (Å²) in [4.78, 5) is 42.8. The number of carbonyl (C=O) groups excluding carboxylic acids is 3. The molecular weight excluding hydrogens is 308 g/mol. The van der Waals surface area contributed by atoms with Crippen molar-refractivity contribution in [3.05, 3.63) is 42.1 Å². The van der Waals surface area contributed by atoms with E-state index in [4.69, 9.17) is 0 Å². The number of rotatable bonds is 3. The fourth-order valence-corrected chi connectivity index (χ4v) is 3.17. The van der Waals surface area contributed by atoms with Gasteiger partial charge in [0.1, 0.15) is 23.4 Å². The van der Waals surface area contributed by atoms with Gasteiger partial charge in [-0.1, -0.05) is 24.3 Å². The Morgan fingerprint density at radius 2 is 1.96 bits per heavy atom. The van der Waals surface area contributed by atoms with Gasteiger partial charge in [0.05, 0.1) is 5.52 Å². The number of hydrazone groups is 1. The van der Waals surface area contributed by atoms with Gasteiger partial charge in [0, 0.05) is 11.9 Å². The Labute approximate surface area is 137 Å². The van der Waals surface area contributed by atoms with Crippen LogP contribution in [0.3, 0.4) is 0 Å². The van der Waals surface area contributed by atoms with Gasteiger partial charge < -0.3 is 0 Å². The summed E-state index contributed by atoms with van der Waals surface area (Å²) in [5, 5.41) is 4.87. The normalized spacial score (nSPS) is 22.5. The molecule has 0 radical (unpaired) electrons. The van der Waals surface area contributed by atoms with Crippen LogP contribution >= 0.6 is 0 Å². The van der Waals surface area contributed by atoms with E-state index in [0.29, 0.717) is 5.52 Å². The summed E-state index contributed by atoms with van der Waals surface area (Å²) in [7, 11) is 0. The molecule has 0 aliphatic carbocycles. The average molecular weight is 322 g/mol. The predicted molar refractivity (Wildman–Crippen MR) is 86.3 cm³/mol. The van der Waals surface area contributed by atoms with Crippen molar-refractivity contribution in [3.63, 3.8) is 0 Å². The fraction of sp³-hybridized carbons (Fsp3) is 0.235. The first-order valence-electron chi connectivity index (χ1n) is 7.70. The smallest absolute Gasteiger partial charge is 0.254 e. The minimum absolute atomic E-state index is 0.0529. The Morgan fingerprint density at radius 1 is 1.17 bits per heavy atom. The Bertz CT molecular complexity index is 921. The highest BCUT2D eigenvalue weighted by molar-refractivity contribution is 6.51. The number of imide groups is 1. The first kappa shape index (κ1) is 14.5. The molecule has 3 heterocycles. The summed E-state index contributed by atoms with van der Waals surface area (Å²) in [5.41, 5.74) is 3.58. The molecule has 2 aliphatic heterocycles. The van der Waals surface area contributed by atoms with E-state index in [0.717, 1.165) is 10.3 Å². The molecule has 2 amide bonds. The number of hydrogen-bond acceptors (Lipinski definition) is 6. The molecule has 0 bridgehead atoms. The van der Waals surface area contributed by atoms with Crippen LogP contribution in [0, 0.1) is 5.92 Å². The van der Waals surface area contributed by atoms with Crippen molar-refractivity contribution in [2.45, 2.75) is 13.0 Å². The van der Waals surface area contributed by atoms with Crippen molar-refractivity contribution in [1.29, 1.82) is 0 Å². The molecule has 4 rings (SSSR count). The second-order valence-corrected chi connectivity index (χ2v) is 5.72. The summed E-state index contributed by atoms with van der Waals surface area (Å²) in [5.74, 6) is -2.02. The lowest BCUT2D eigenvalue weighted by Crippen LogP contribution is -2.36. The van der Waals surface area contributed by atoms with E-state index in [1.165, 1.54) is 0 Å². The summed E-state index contributed by atoms with van der Waals surface area (Å²) in [6, 6.07) is 10.1. The van der Waals surface area contributed by atoms with Crippen molar-refractivity contribution in [2.75, 3.05) is 6.54 Å². The number of likely N-dealkylation sites (tertiary alicyclic amines) is 1. The Hall–Kier alpha value is -3.09. The van der Waals surface area contributed by atoms with E-state index in [9.17, 15) is 14.4 Å². The highest BCUT2D eigenvalue weighted by Crippen LogP contribution is 2.27. The van der Waals surface area contributed by atoms with Gasteiger partial charge in [-0.3, -0.25) is 24.7 Å². The highest BCUT2D eigenvalue weighted by atomic mass is 16.2. The number of carbonyl (C=O) groups is 3. The number of likely N-dealkylation sites (N-methyl/N-ethyl adjacent to an activating group) is 1. The van der Waals surface area contributed by atoms with Crippen LogP contribution in [0.25, 0.3) is 10.9 Å². The third-order valence-electron chi connectivity index (χ3n) is 4.40. The number of nitrogens with one attached hydrogen (secondary N) is 1. The number of nitrogens with zero attached hydrogens (tertiary/aromatic N) is 3. The van der Waals surface area contributed by atoms with Crippen molar-refractivity contribution >= 4 is 34.2 Å². The minimum Gasteiger partial charge on any atom is -0.296 e. The molecule has 2 aromatic rings. The second kappa shape index (κ2) is 5.23. The van der Waals surface area contributed by atoms with Crippen LogP contribution in [0.2, 0.25) is 0 Å². The zero-order chi connectivity index (χ0) is 16.8. The van der Waals surface area contributed by atoms with Crippen molar-refractivity contribution in [1.82, 2.24) is 15.3 Å². The molecule has 2 atom stereocenters. The number of fused-ring (bicyclic) bond motifs is 2. The maximum absolute atomic E-state index is 12.8. The lowest BCUT2D eigenvalue weighted by Gasteiger charge is -2.12. The van der Waals surface area contributed by atoms with E-state index < -0.39 is 17.7 Å². The predicted octanol–water partition coefficient (Wildman–Crippen LogP) is 0.750. The van der Waals surface area contributed by atoms with Gasteiger partial charge in [-0.2, -0.15) is 5.10 Å². The number of amides is 2. The molecule has 7 heteroatoms. The second-order valence-electron chi connectivity index (χ2n) is 5.72. The maximum atomic E-state index is 12.8. The molecule has 2 aliphatic rings. The molecule has 0 saturated carbocycles. The molecule has 1 fully saturated rings. The van der Waals surface area contributed by atoms with Gasteiger partial charge in [-0.15, -0.1) is 0 Å². The Morgan fingerprint density at radius 3 is 2.75 bits per heavy atom. The standard InChI is InChI=1S/C17H14N4O3/c1-2-21-16(23)12-13(19-20-14(12)17(21)24)15(22)11-8-7-9-5-3-4-6-10(9)18-11/h3-8,12,14,20H,2H2,1H3/t12-,14+/m1/s1. The van der Waals surface area contributed by atoms with Gasteiger partial charge >= 0.3 is 0 Å². The number of pyridine rings is 1. The highest BCUT2D eigenvalue weighted by Gasteiger charge is 2.54. The van der Waals surface area contributed by atoms with Gasteiger partial charge in [0.25, 0.3) is 5.91 Å². The zero-order valence-electron chi connectivity index (χ0n) is 12.9. The first-order chi connectivity index (χ1) is 11.6. The number of aromatic nitrogens is 1. The number of benzene rings is 1. The molecule has 0 spiro atoms. The molecule has 0 unspecified atom stereocenters. The van der Waals surface area contributed by atoms with E-state index in [2.05, 4.69) is 15.5 Å². The van der Waals surface area contributed by atoms with Crippen LogP contribution in [0.4, 0.5) is 0 Å². The third kappa shape index (κ3) is 1.94. The molecular formula is C17H14N4O3. The number of Topliss-reactive ketones (excluding diaryl/α,β-unsaturated/α-hetero) is 1. The fourth-order valence-electron chi connectivity index (χ4n) is 3.17.